The second-order valence-corrected chi connectivity index (χ2v) is 5.91. The molecule has 4 heterocycles. The molecule has 3 aromatic rings. The summed E-state index contributed by atoms with van der Waals surface area (Å²) < 4.78 is 7.60. The van der Waals surface area contributed by atoms with Crippen LogP contribution in [0.1, 0.15) is 12.8 Å². The van der Waals surface area contributed by atoms with Crippen molar-refractivity contribution in [1.29, 1.82) is 0 Å². The molecule has 0 radical (unpaired) electrons. The molecule has 1 saturated heterocycles. The number of hydrogen-bond acceptors (Lipinski definition) is 4. The second kappa shape index (κ2) is 5.25. The van der Waals surface area contributed by atoms with Crippen molar-refractivity contribution in [3.8, 4) is 0 Å². The van der Waals surface area contributed by atoms with Crippen molar-refractivity contribution in [2.75, 3.05) is 25.1 Å². The molecule has 5 heteroatoms. The average molecular weight is 296 g/mol. The minimum Gasteiger partial charge on any atom is -0.381 e. The van der Waals surface area contributed by atoms with Gasteiger partial charge in [-0.05, 0) is 31.0 Å². The zero-order valence-electron chi connectivity index (χ0n) is 13.0. The maximum atomic E-state index is 5.45. The molecule has 1 aliphatic rings. The van der Waals surface area contributed by atoms with Crippen molar-refractivity contribution in [2.45, 2.75) is 18.9 Å². The average Bonchev–Trinajstić information content (AvgIpc) is 2.88. The Kier molecular flexibility index (Phi) is 3.22. The Morgan fingerprint density at radius 3 is 2.73 bits per heavy atom. The van der Waals surface area contributed by atoms with Gasteiger partial charge in [-0.15, -0.1) is 0 Å². The number of nitrogens with zero attached hydrogens (tertiary/aromatic N) is 4. The molecule has 114 valence electrons. The van der Waals surface area contributed by atoms with Gasteiger partial charge in [-0.3, -0.25) is 4.98 Å². The van der Waals surface area contributed by atoms with E-state index in [9.17, 15) is 0 Å². The molecule has 0 aliphatic carbocycles. The van der Waals surface area contributed by atoms with Gasteiger partial charge in [0.2, 0.25) is 0 Å². The maximum Gasteiger partial charge on any atom is 0.143 e. The lowest BCUT2D eigenvalue weighted by Crippen LogP contribution is -2.37. The minimum atomic E-state index is 0.392. The smallest absolute Gasteiger partial charge is 0.143 e. The standard InChI is InChI=1S/C17H20N4O/c1-20-15-5-8-18-11-14(15)13-3-4-16(19-17(13)20)21-9-6-12(22-2)7-10-21/h3-5,8,11-12H,6-7,9-10H2,1-2H3. The number of methoxy groups -OCH3 is 1. The summed E-state index contributed by atoms with van der Waals surface area (Å²) >= 11 is 0. The van der Waals surface area contributed by atoms with E-state index in [1.54, 1.807) is 7.11 Å². The monoisotopic (exact) mass is 296 g/mol. The van der Waals surface area contributed by atoms with E-state index in [0.29, 0.717) is 6.10 Å². The summed E-state index contributed by atoms with van der Waals surface area (Å²) in [7, 11) is 3.87. The van der Waals surface area contributed by atoms with Crippen molar-refractivity contribution >= 4 is 27.8 Å². The van der Waals surface area contributed by atoms with Crippen molar-refractivity contribution < 1.29 is 4.74 Å². The molecule has 0 atom stereocenters. The predicted molar refractivity (Wildman–Crippen MR) is 88.3 cm³/mol. The Hall–Kier alpha value is -2.14. The van der Waals surface area contributed by atoms with Crippen molar-refractivity contribution in [3.05, 3.63) is 30.6 Å². The molecule has 0 unspecified atom stereocenters. The molecule has 0 N–H and O–H groups in total. The second-order valence-electron chi connectivity index (χ2n) is 5.91. The third-order valence-electron chi connectivity index (χ3n) is 4.73. The lowest BCUT2D eigenvalue weighted by Gasteiger charge is -2.32. The lowest BCUT2D eigenvalue weighted by atomic mass is 10.1. The summed E-state index contributed by atoms with van der Waals surface area (Å²) in [5, 5.41) is 2.33. The van der Waals surface area contributed by atoms with Crippen LogP contribution in [0.2, 0.25) is 0 Å². The van der Waals surface area contributed by atoms with Gasteiger partial charge in [-0.1, -0.05) is 0 Å². The van der Waals surface area contributed by atoms with Gasteiger partial charge in [-0.2, -0.15) is 0 Å². The van der Waals surface area contributed by atoms with E-state index in [-0.39, 0.29) is 0 Å². The molecule has 0 saturated carbocycles. The predicted octanol–water partition coefficient (Wildman–Crippen LogP) is 2.74. The van der Waals surface area contributed by atoms with Gasteiger partial charge in [0.05, 0.1) is 11.6 Å². The highest BCUT2D eigenvalue weighted by Gasteiger charge is 2.20. The normalized spacial score (nSPS) is 16.7. The third-order valence-corrected chi connectivity index (χ3v) is 4.73. The van der Waals surface area contributed by atoms with Gasteiger partial charge in [0.1, 0.15) is 11.5 Å². The first-order valence-corrected chi connectivity index (χ1v) is 7.75. The van der Waals surface area contributed by atoms with E-state index < -0.39 is 0 Å². The topological polar surface area (TPSA) is 43.2 Å². The number of aryl methyl sites for hydroxylation is 1. The quantitative estimate of drug-likeness (QED) is 0.729. The molecule has 1 aliphatic heterocycles. The van der Waals surface area contributed by atoms with Crippen LogP contribution in [-0.4, -0.2) is 40.8 Å². The number of aromatic nitrogens is 3. The Balaban J connectivity index is 1.75. The number of rotatable bonds is 2. The number of ether oxygens (including phenoxy) is 1. The number of fused-ring (bicyclic) bond motifs is 3. The fourth-order valence-corrected chi connectivity index (χ4v) is 3.40. The fourth-order valence-electron chi connectivity index (χ4n) is 3.40. The van der Waals surface area contributed by atoms with Crippen LogP contribution in [0.5, 0.6) is 0 Å². The number of piperidine rings is 1. The SMILES string of the molecule is COC1CCN(c2ccc3c4cnccc4n(C)c3n2)CC1. The molecule has 0 spiro atoms. The molecular formula is C17H20N4O. The Bertz CT molecular complexity index is 818. The lowest BCUT2D eigenvalue weighted by molar-refractivity contribution is 0.0818. The van der Waals surface area contributed by atoms with Crippen molar-refractivity contribution in [3.63, 3.8) is 0 Å². The molecule has 5 nitrogen and oxygen atoms in total. The van der Waals surface area contributed by atoms with E-state index in [1.807, 2.05) is 18.5 Å². The first kappa shape index (κ1) is 13.5. The molecule has 1 fully saturated rings. The fraction of sp³-hybridized carbons (Fsp3) is 0.412. The van der Waals surface area contributed by atoms with Crippen molar-refractivity contribution in [2.24, 2.45) is 7.05 Å². The molecule has 0 bridgehead atoms. The van der Waals surface area contributed by atoms with Crippen LogP contribution in [0.3, 0.4) is 0 Å². The van der Waals surface area contributed by atoms with E-state index in [2.05, 4.69) is 33.6 Å². The minimum absolute atomic E-state index is 0.392. The third kappa shape index (κ3) is 2.04. The van der Waals surface area contributed by atoms with Gasteiger partial charge in [0.25, 0.3) is 0 Å². The summed E-state index contributed by atoms with van der Waals surface area (Å²) in [5.74, 6) is 1.06. The summed E-state index contributed by atoms with van der Waals surface area (Å²) in [6.07, 6.45) is 6.27. The van der Waals surface area contributed by atoms with Crippen LogP contribution in [0.4, 0.5) is 5.82 Å². The van der Waals surface area contributed by atoms with Gasteiger partial charge in [0, 0.05) is 50.4 Å². The molecule has 0 amide bonds. The van der Waals surface area contributed by atoms with Gasteiger partial charge >= 0.3 is 0 Å². The van der Waals surface area contributed by atoms with Crippen LogP contribution in [0.15, 0.2) is 30.6 Å². The van der Waals surface area contributed by atoms with Crippen LogP contribution < -0.4 is 4.90 Å². The summed E-state index contributed by atoms with van der Waals surface area (Å²) in [4.78, 5) is 11.5. The van der Waals surface area contributed by atoms with Crippen LogP contribution >= 0.6 is 0 Å². The van der Waals surface area contributed by atoms with Crippen LogP contribution in [0, 0.1) is 0 Å². The number of hydrogen-bond donors (Lipinski definition) is 0. The molecule has 0 aromatic carbocycles. The Morgan fingerprint density at radius 2 is 1.95 bits per heavy atom. The highest BCUT2D eigenvalue weighted by Crippen LogP contribution is 2.29. The Labute approximate surface area is 129 Å². The zero-order valence-corrected chi connectivity index (χ0v) is 13.0. The first-order chi connectivity index (χ1) is 10.8. The Morgan fingerprint density at radius 1 is 1.14 bits per heavy atom. The largest absolute Gasteiger partial charge is 0.381 e. The molecule has 4 rings (SSSR count). The van der Waals surface area contributed by atoms with Crippen molar-refractivity contribution in [1.82, 2.24) is 14.5 Å². The van der Waals surface area contributed by atoms with Crippen LogP contribution in [-0.2, 0) is 11.8 Å². The van der Waals surface area contributed by atoms with Gasteiger partial charge < -0.3 is 14.2 Å². The molecule has 3 aromatic heterocycles. The van der Waals surface area contributed by atoms with E-state index in [0.717, 1.165) is 42.8 Å². The number of pyridine rings is 2. The maximum absolute atomic E-state index is 5.45. The number of anilines is 1. The zero-order chi connectivity index (χ0) is 15.1. The van der Waals surface area contributed by atoms with Crippen LogP contribution in [0.25, 0.3) is 21.9 Å². The summed E-state index contributed by atoms with van der Waals surface area (Å²) in [5.41, 5.74) is 2.20. The highest BCUT2D eigenvalue weighted by atomic mass is 16.5. The summed E-state index contributed by atoms with van der Waals surface area (Å²) in [6, 6.07) is 6.34. The van der Waals surface area contributed by atoms with E-state index in [4.69, 9.17) is 9.72 Å². The first-order valence-electron chi connectivity index (χ1n) is 7.75. The van der Waals surface area contributed by atoms with Gasteiger partial charge in [0.15, 0.2) is 0 Å². The molecular weight excluding hydrogens is 276 g/mol. The van der Waals surface area contributed by atoms with E-state index in [1.165, 1.54) is 10.9 Å². The van der Waals surface area contributed by atoms with Gasteiger partial charge in [-0.25, -0.2) is 4.98 Å². The highest BCUT2D eigenvalue weighted by molar-refractivity contribution is 6.06. The molecule has 22 heavy (non-hydrogen) atoms. The van der Waals surface area contributed by atoms with E-state index >= 15 is 0 Å². The summed E-state index contributed by atoms with van der Waals surface area (Å²) in [6.45, 7) is 2.00.